The fourth-order valence-corrected chi connectivity index (χ4v) is 3.23. The lowest BCUT2D eigenvalue weighted by Gasteiger charge is -2.05. The van der Waals surface area contributed by atoms with Gasteiger partial charge in [-0.2, -0.15) is 5.10 Å². The van der Waals surface area contributed by atoms with Gasteiger partial charge in [0.05, 0.1) is 17.8 Å². The SMILES string of the molecule is CCCCCCCOc1ccc2nn(-c3ccc(CCC)cc3)cc2c1. The van der Waals surface area contributed by atoms with E-state index in [1.54, 1.807) is 0 Å². The van der Waals surface area contributed by atoms with Gasteiger partial charge >= 0.3 is 0 Å². The lowest BCUT2D eigenvalue weighted by atomic mass is 10.1. The molecule has 0 saturated heterocycles. The van der Waals surface area contributed by atoms with Crippen LogP contribution in [0.5, 0.6) is 5.75 Å². The summed E-state index contributed by atoms with van der Waals surface area (Å²) in [5, 5.41) is 5.81. The molecule has 0 atom stereocenters. The zero-order valence-electron chi connectivity index (χ0n) is 16.1. The molecular formula is C23H30N2O. The number of hydrogen-bond donors (Lipinski definition) is 0. The summed E-state index contributed by atoms with van der Waals surface area (Å²) in [6.45, 7) is 5.24. The van der Waals surface area contributed by atoms with Gasteiger partial charge in [-0.25, -0.2) is 4.68 Å². The van der Waals surface area contributed by atoms with Crippen molar-refractivity contribution in [2.75, 3.05) is 6.61 Å². The minimum Gasteiger partial charge on any atom is -0.494 e. The van der Waals surface area contributed by atoms with Gasteiger partial charge in [-0.1, -0.05) is 58.1 Å². The molecule has 3 aromatic rings. The molecule has 0 amide bonds. The van der Waals surface area contributed by atoms with E-state index in [0.29, 0.717) is 0 Å². The Morgan fingerprint density at radius 1 is 0.885 bits per heavy atom. The molecule has 0 aliphatic rings. The molecule has 0 aliphatic heterocycles. The van der Waals surface area contributed by atoms with Crippen molar-refractivity contribution in [3.8, 4) is 11.4 Å². The van der Waals surface area contributed by atoms with Crippen LogP contribution in [0.15, 0.2) is 48.7 Å². The average molecular weight is 351 g/mol. The van der Waals surface area contributed by atoms with Gasteiger partial charge in [-0.3, -0.25) is 0 Å². The quantitative estimate of drug-likeness (QED) is 0.400. The molecule has 3 nitrogen and oxygen atoms in total. The summed E-state index contributed by atoms with van der Waals surface area (Å²) < 4.78 is 7.87. The van der Waals surface area contributed by atoms with E-state index in [0.717, 1.165) is 41.8 Å². The minimum absolute atomic E-state index is 0.794. The first-order valence-corrected chi connectivity index (χ1v) is 10.0. The number of benzene rings is 2. The fourth-order valence-electron chi connectivity index (χ4n) is 3.23. The third-order valence-electron chi connectivity index (χ3n) is 4.73. The number of nitrogens with zero attached hydrogens (tertiary/aromatic N) is 2. The van der Waals surface area contributed by atoms with Crippen LogP contribution in [0.3, 0.4) is 0 Å². The van der Waals surface area contributed by atoms with Crippen LogP contribution in [-0.4, -0.2) is 16.4 Å². The number of unbranched alkanes of at least 4 members (excludes halogenated alkanes) is 4. The van der Waals surface area contributed by atoms with Crippen LogP contribution in [0.4, 0.5) is 0 Å². The summed E-state index contributed by atoms with van der Waals surface area (Å²) in [4.78, 5) is 0. The van der Waals surface area contributed by atoms with Crippen molar-refractivity contribution in [1.82, 2.24) is 9.78 Å². The molecule has 1 heterocycles. The highest BCUT2D eigenvalue weighted by Crippen LogP contribution is 2.22. The minimum atomic E-state index is 0.794. The molecule has 1 aromatic heterocycles. The fraction of sp³-hybridized carbons (Fsp3) is 0.435. The summed E-state index contributed by atoms with van der Waals surface area (Å²) in [5.41, 5.74) is 3.47. The second-order valence-corrected chi connectivity index (χ2v) is 6.97. The van der Waals surface area contributed by atoms with Crippen LogP contribution in [0.25, 0.3) is 16.6 Å². The van der Waals surface area contributed by atoms with Gasteiger partial charge in [0.2, 0.25) is 0 Å². The van der Waals surface area contributed by atoms with Crippen molar-refractivity contribution in [1.29, 1.82) is 0 Å². The Balaban J connectivity index is 1.63. The smallest absolute Gasteiger partial charge is 0.120 e. The van der Waals surface area contributed by atoms with Gasteiger partial charge in [0, 0.05) is 11.6 Å². The van der Waals surface area contributed by atoms with E-state index in [2.05, 4.69) is 50.4 Å². The van der Waals surface area contributed by atoms with E-state index >= 15 is 0 Å². The maximum absolute atomic E-state index is 5.91. The largest absolute Gasteiger partial charge is 0.494 e. The van der Waals surface area contributed by atoms with Crippen LogP contribution in [0.2, 0.25) is 0 Å². The van der Waals surface area contributed by atoms with E-state index in [9.17, 15) is 0 Å². The molecule has 0 fully saturated rings. The Morgan fingerprint density at radius 3 is 2.46 bits per heavy atom. The normalized spacial score (nSPS) is 11.2. The predicted octanol–water partition coefficient (Wildman–Crippen LogP) is 6.33. The Kier molecular flexibility index (Phi) is 6.70. The number of aromatic nitrogens is 2. The highest BCUT2D eigenvalue weighted by Gasteiger charge is 2.05. The monoisotopic (exact) mass is 350 g/mol. The van der Waals surface area contributed by atoms with Crippen molar-refractivity contribution in [3.63, 3.8) is 0 Å². The van der Waals surface area contributed by atoms with Gasteiger partial charge in [-0.05, 0) is 48.7 Å². The molecule has 0 spiro atoms. The van der Waals surface area contributed by atoms with Crippen LogP contribution < -0.4 is 4.74 Å². The van der Waals surface area contributed by atoms with Crippen molar-refractivity contribution >= 4 is 10.9 Å². The molecular weight excluding hydrogens is 320 g/mol. The molecule has 0 radical (unpaired) electrons. The van der Waals surface area contributed by atoms with E-state index < -0.39 is 0 Å². The predicted molar refractivity (Wildman–Crippen MR) is 109 cm³/mol. The third kappa shape index (κ3) is 4.87. The van der Waals surface area contributed by atoms with Crippen LogP contribution in [0.1, 0.15) is 57.9 Å². The van der Waals surface area contributed by atoms with Crippen molar-refractivity contribution < 1.29 is 4.74 Å². The second kappa shape index (κ2) is 9.42. The summed E-state index contributed by atoms with van der Waals surface area (Å²) in [5.74, 6) is 0.936. The summed E-state index contributed by atoms with van der Waals surface area (Å²) >= 11 is 0. The van der Waals surface area contributed by atoms with Gasteiger partial charge in [0.15, 0.2) is 0 Å². The number of fused-ring (bicyclic) bond motifs is 1. The van der Waals surface area contributed by atoms with E-state index in [1.165, 1.54) is 37.7 Å². The van der Waals surface area contributed by atoms with Crippen LogP contribution >= 0.6 is 0 Å². The molecule has 0 unspecified atom stereocenters. The van der Waals surface area contributed by atoms with Gasteiger partial charge in [-0.15, -0.1) is 0 Å². The summed E-state index contributed by atoms with van der Waals surface area (Å²) in [6, 6.07) is 14.8. The Labute approximate surface area is 157 Å². The van der Waals surface area contributed by atoms with Gasteiger partial charge in [0.25, 0.3) is 0 Å². The highest BCUT2D eigenvalue weighted by atomic mass is 16.5. The molecule has 2 aromatic carbocycles. The first-order chi connectivity index (χ1) is 12.8. The number of ether oxygens (including phenoxy) is 1. The summed E-state index contributed by atoms with van der Waals surface area (Å²) in [7, 11) is 0. The standard InChI is InChI=1S/C23H30N2O/c1-3-5-6-7-8-16-26-22-14-15-23-20(17-22)18-25(24-23)21-12-10-19(9-4-2)11-13-21/h10-15,17-18H,3-9,16H2,1-2H3. The third-order valence-corrected chi connectivity index (χ3v) is 4.73. The topological polar surface area (TPSA) is 27.1 Å². The molecule has 0 saturated carbocycles. The van der Waals surface area contributed by atoms with Crippen LogP contribution in [0, 0.1) is 0 Å². The first-order valence-electron chi connectivity index (χ1n) is 10.0. The van der Waals surface area contributed by atoms with Crippen LogP contribution in [-0.2, 0) is 6.42 Å². The molecule has 3 rings (SSSR count). The first kappa shape index (κ1) is 18.5. The van der Waals surface area contributed by atoms with E-state index in [4.69, 9.17) is 9.84 Å². The Morgan fingerprint density at radius 2 is 1.69 bits per heavy atom. The van der Waals surface area contributed by atoms with Crippen molar-refractivity contribution in [2.45, 2.75) is 58.8 Å². The Hall–Kier alpha value is -2.29. The lowest BCUT2D eigenvalue weighted by Crippen LogP contribution is -1.96. The van der Waals surface area contributed by atoms with E-state index in [1.807, 2.05) is 16.8 Å². The Bertz CT molecular complexity index is 805. The summed E-state index contributed by atoms with van der Waals surface area (Å²) in [6.07, 6.45) is 10.7. The molecule has 0 aliphatic carbocycles. The average Bonchev–Trinajstić information content (AvgIpc) is 3.09. The van der Waals surface area contributed by atoms with Crippen molar-refractivity contribution in [2.24, 2.45) is 0 Å². The zero-order chi connectivity index (χ0) is 18.2. The maximum atomic E-state index is 5.91. The highest BCUT2D eigenvalue weighted by molar-refractivity contribution is 5.80. The van der Waals surface area contributed by atoms with E-state index in [-0.39, 0.29) is 0 Å². The molecule has 0 bridgehead atoms. The molecule has 3 heteroatoms. The zero-order valence-corrected chi connectivity index (χ0v) is 16.1. The number of hydrogen-bond acceptors (Lipinski definition) is 2. The van der Waals surface area contributed by atoms with Gasteiger partial charge < -0.3 is 4.74 Å². The molecule has 26 heavy (non-hydrogen) atoms. The van der Waals surface area contributed by atoms with Gasteiger partial charge in [0.1, 0.15) is 5.75 Å². The second-order valence-electron chi connectivity index (χ2n) is 6.97. The van der Waals surface area contributed by atoms with Crippen molar-refractivity contribution in [3.05, 3.63) is 54.2 Å². The maximum Gasteiger partial charge on any atom is 0.120 e. The molecule has 138 valence electrons. The number of rotatable bonds is 10. The molecule has 0 N–H and O–H groups in total. The number of aryl methyl sites for hydroxylation is 1. The lowest BCUT2D eigenvalue weighted by molar-refractivity contribution is 0.305.